The third kappa shape index (κ3) is 1.78. The quantitative estimate of drug-likeness (QED) is 0.590. The van der Waals surface area contributed by atoms with Crippen LogP contribution in [0, 0.1) is 0 Å². The van der Waals surface area contributed by atoms with Crippen molar-refractivity contribution in [1.29, 1.82) is 0 Å². The van der Waals surface area contributed by atoms with Crippen LogP contribution in [0.25, 0.3) is 0 Å². The van der Waals surface area contributed by atoms with Gasteiger partial charge in [-0.1, -0.05) is 12.2 Å². The molecule has 1 aliphatic carbocycles. The molecule has 0 unspecified atom stereocenters. The van der Waals surface area contributed by atoms with Crippen LogP contribution in [-0.2, 0) is 4.74 Å². The van der Waals surface area contributed by atoms with E-state index in [1.807, 2.05) is 6.92 Å². The first-order chi connectivity index (χ1) is 5.65. The highest BCUT2D eigenvalue weighted by Crippen LogP contribution is 2.28. The molecule has 12 heavy (non-hydrogen) atoms. The third-order valence-corrected chi connectivity index (χ3v) is 2.15. The van der Waals surface area contributed by atoms with E-state index in [2.05, 4.69) is 6.58 Å². The van der Waals surface area contributed by atoms with Gasteiger partial charge in [-0.25, -0.2) is 4.79 Å². The lowest BCUT2D eigenvalue weighted by Crippen LogP contribution is -2.42. The molecule has 0 heterocycles. The van der Waals surface area contributed by atoms with Crippen LogP contribution >= 0.6 is 0 Å². The van der Waals surface area contributed by atoms with Gasteiger partial charge < -0.3 is 9.64 Å². The van der Waals surface area contributed by atoms with Gasteiger partial charge in [0, 0.05) is 13.1 Å². The Morgan fingerprint density at radius 3 is 2.75 bits per heavy atom. The number of amides is 1. The highest BCUT2D eigenvalue weighted by atomic mass is 16.6. The largest absolute Gasteiger partial charge is 0.450 e. The summed E-state index contributed by atoms with van der Waals surface area (Å²) in [5.41, 5.74) is 1.22. The summed E-state index contributed by atoms with van der Waals surface area (Å²) in [5, 5.41) is 0. The second-order valence-corrected chi connectivity index (χ2v) is 3.12. The molecule has 1 rings (SSSR count). The van der Waals surface area contributed by atoms with Gasteiger partial charge in [-0.15, -0.1) is 0 Å². The Morgan fingerprint density at radius 1 is 1.75 bits per heavy atom. The minimum absolute atomic E-state index is 0.227. The minimum atomic E-state index is -0.227. The summed E-state index contributed by atoms with van der Waals surface area (Å²) in [6.45, 7) is 6.07. The lowest BCUT2D eigenvalue weighted by atomic mass is 9.87. The second-order valence-electron chi connectivity index (χ2n) is 3.12. The van der Waals surface area contributed by atoms with Crippen LogP contribution in [0.15, 0.2) is 12.2 Å². The minimum Gasteiger partial charge on any atom is -0.450 e. The van der Waals surface area contributed by atoms with Crippen LogP contribution in [0.4, 0.5) is 4.79 Å². The number of nitrogens with zero attached hydrogens (tertiary/aromatic N) is 1. The summed E-state index contributed by atoms with van der Waals surface area (Å²) in [7, 11) is 1.77. The summed E-state index contributed by atoms with van der Waals surface area (Å²) in [6, 6.07) is 0.316. The number of carbonyl (C=O) groups excluding carboxylic acids is 1. The predicted molar refractivity (Wildman–Crippen MR) is 46.9 cm³/mol. The van der Waals surface area contributed by atoms with E-state index in [-0.39, 0.29) is 6.09 Å². The Bertz CT molecular complexity index is 193. The van der Waals surface area contributed by atoms with Crippen molar-refractivity contribution in [3.05, 3.63) is 12.2 Å². The molecule has 3 heteroatoms. The highest BCUT2D eigenvalue weighted by Gasteiger charge is 2.28. The molecule has 3 nitrogen and oxygen atoms in total. The van der Waals surface area contributed by atoms with Gasteiger partial charge in [0.25, 0.3) is 0 Å². The van der Waals surface area contributed by atoms with E-state index in [1.54, 1.807) is 11.9 Å². The molecule has 0 aromatic heterocycles. The van der Waals surface area contributed by atoms with Gasteiger partial charge in [0.2, 0.25) is 0 Å². The molecular weight excluding hydrogens is 154 g/mol. The molecule has 0 radical (unpaired) electrons. The molecule has 0 saturated heterocycles. The Labute approximate surface area is 73.0 Å². The van der Waals surface area contributed by atoms with Crippen LogP contribution in [-0.4, -0.2) is 30.7 Å². The Hall–Kier alpha value is -0.990. The summed E-state index contributed by atoms with van der Waals surface area (Å²) < 4.78 is 4.85. The van der Waals surface area contributed by atoms with E-state index in [9.17, 15) is 4.79 Å². The van der Waals surface area contributed by atoms with E-state index in [4.69, 9.17) is 4.74 Å². The van der Waals surface area contributed by atoms with Crippen molar-refractivity contribution in [3.63, 3.8) is 0 Å². The molecule has 0 bridgehead atoms. The van der Waals surface area contributed by atoms with Crippen molar-refractivity contribution in [2.24, 2.45) is 0 Å². The summed E-state index contributed by atoms with van der Waals surface area (Å²) >= 11 is 0. The molecule has 68 valence electrons. The molecule has 0 aromatic carbocycles. The van der Waals surface area contributed by atoms with Gasteiger partial charge in [-0.05, 0) is 19.8 Å². The molecule has 0 atom stereocenters. The lowest BCUT2D eigenvalue weighted by molar-refractivity contribution is 0.0941. The maximum Gasteiger partial charge on any atom is 0.409 e. The molecule has 0 spiro atoms. The highest BCUT2D eigenvalue weighted by molar-refractivity contribution is 5.68. The standard InChI is InChI=1S/C9H15NO2/c1-4-12-9(11)10(3)8-5-7(2)6-8/h8H,2,4-6H2,1,3H3. The second kappa shape index (κ2) is 3.61. The van der Waals surface area contributed by atoms with Gasteiger partial charge in [0.15, 0.2) is 0 Å². The van der Waals surface area contributed by atoms with Gasteiger partial charge in [-0.2, -0.15) is 0 Å². The van der Waals surface area contributed by atoms with E-state index in [0.29, 0.717) is 12.6 Å². The van der Waals surface area contributed by atoms with Crippen LogP contribution < -0.4 is 0 Å². The zero-order chi connectivity index (χ0) is 9.14. The van der Waals surface area contributed by atoms with Crippen molar-refractivity contribution < 1.29 is 9.53 Å². The molecular formula is C9H15NO2. The van der Waals surface area contributed by atoms with E-state index >= 15 is 0 Å². The zero-order valence-corrected chi connectivity index (χ0v) is 7.67. The van der Waals surface area contributed by atoms with E-state index in [0.717, 1.165) is 12.8 Å². The number of rotatable bonds is 2. The zero-order valence-electron chi connectivity index (χ0n) is 7.67. The van der Waals surface area contributed by atoms with Crippen molar-refractivity contribution in [2.75, 3.05) is 13.7 Å². The van der Waals surface area contributed by atoms with Crippen molar-refractivity contribution in [3.8, 4) is 0 Å². The maximum absolute atomic E-state index is 11.2. The smallest absolute Gasteiger partial charge is 0.409 e. The lowest BCUT2D eigenvalue weighted by Gasteiger charge is -2.35. The summed E-state index contributed by atoms with van der Waals surface area (Å²) in [4.78, 5) is 12.8. The molecule has 0 aliphatic heterocycles. The molecule has 0 aromatic rings. The number of ether oxygens (including phenoxy) is 1. The number of carbonyl (C=O) groups is 1. The Morgan fingerprint density at radius 2 is 2.33 bits per heavy atom. The molecule has 1 aliphatic rings. The molecule has 1 fully saturated rings. The van der Waals surface area contributed by atoms with Crippen LogP contribution in [0.5, 0.6) is 0 Å². The molecule has 1 amide bonds. The fourth-order valence-corrected chi connectivity index (χ4v) is 1.25. The first-order valence-electron chi connectivity index (χ1n) is 4.21. The Balaban J connectivity index is 2.32. The van der Waals surface area contributed by atoms with Gasteiger partial charge in [0.05, 0.1) is 6.61 Å². The predicted octanol–water partition coefficient (Wildman–Crippen LogP) is 1.79. The van der Waals surface area contributed by atoms with Crippen molar-refractivity contribution in [2.45, 2.75) is 25.8 Å². The average molecular weight is 169 g/mol. The normalized spacial score (nSPS) is 17.0. The van der Waals surface area contributed by atoms with Crippen molar-refractivity contribution >= 4 is 6.09 Å². The fourth-order valence-electron chi connectivity index (χ4n) is 1.25. The van der Waals surface area contributed by atoms with Crippen LogP contribution in [0.2, 0.25) is 0 Å². The fraction of sp³-hybridized carbons (Fsp3) is 0.667. The van der Waals surface area contributed by atoms with Crippen molar-refractivity contribution in [1.82, 2.24) is 4.90 Å². The monoisotopic (exact) mass is 169 g/mol. The summed E-state index contributed by atoms with van der Waals surface area (Å²) in [6.07, 6.45) is 1.62. The maximum atomic E-state index is 11.2. The number of hydrogen-bond donors (Lipinski definition) is 0. The molecule has 1 saturated carbocycles. The van der Waals surface area contributed by atoms with Gasteiger partial charge in [-0.3, -0.25) is 0 Å². The topological polar surface area (TPSA) is 29.5 Å². The Kier molecular flexibility index (Phi) is 2.74. The number of hydrogen-bond acceptors (Lipinski definition) is 2. The summed E-state index contributed by atoms with van der Waals surface area (Å²) in [5.74, 6) is 0. The first kappa shape index (κ1) is 9.10. The molecule has 0 N–H and O–H groups in total. The average Bonchev–Trinajstić information content (AvgIpc) is 1.98. The third-order valence-electron chi connectivity index (χ3n) is 2.15. The van der Waals surface area contributed by atoms with E-state index in [1.165, 1.54) is 5.57 Å². The first-order valence-corrected chi connectivity index (χ1v) is 4.21. The van der Waals surface area contributed by atoms with Crippen LogP contribution in [0.1, 0.15) is 19.8 Å². The van der Waals surface area contributed by atoms with Gasteiger partial charge >= 0.3 is 6.09 Å². The van der Waals surface area contributed by atoms with Crippen LogP contribution in [0.3, 0.4) is 0 Å². The van der Waals surface area contributed by atoms with Gasteiger partial charge in [0.1, 0.15) is 0 Å². The van der Waals surface area contributed by atoms with E-state index < -0.39 is 0 Å². The SMILES string of the molecule is C=C1CC(N(C)C(=O)OCC)C1.